The zero-order chi connectivity index (χ0) is 21.8. The van der Waals surface area contributed by atoms with Crippen LogP contribution in [-0.4, -0.2) is 52.8 Å². The average Bonchev–Trinajstić information content (AvgIpc) is 3.28. The van der Waals surface area contributed by atoms with E-state index in [0.717, 1.165) is 26.1 Å². The van der Waals surface area contributed by atoms with Crippen molar-refractivity contribution in [2.75, 3.05) is 26.2 Å². The Morgan fingerprint density at radius 2 is 1.83 bits per heavy atom. The highest BCUT2D eigenvalue weighted by atomic mass is 35.5. The Balaban J connectivity index is 1.94. The molecule has 2 aromatic rings. The third kappa shape index (κ3) is 4.45. The van der Waals surface area contributed by atoms with E-state index < -0.39 is 23.5 Å². The number of Topliss-reactive ketones (excluding diaryl/α,β-unsaturated/α-hetero) is 1. The number of carbonyl (C=O) groups is 2. The average molecular weight is 431 g/mol. The molecule has 1 aromatic carbocycles. The quantitative estimate of drug-likeness (QED) is 0.590. The molecule has 0 fully saturated rings. The second kappa shape index (κ2) is 9.49. The van der Waals surface area contributed by atoms with E-state index in [1.165, 1.54) is 0 Å². The van der Waals surface area contributed by atoms with Crippen LogP contribution in [0.15, 0.2) is 52.1 Å². The topological polar surface area (TPSA) is 74.0 Å². The summed E-state index contributed by atoms with van der Waals surface area (Å²) in [5.74, 6) is -0.856. The molecule has 160 valence electrons. The van der Waals surface area contributed by atoms with E-state index in [4.69, 9.17) is 16.0 Å². The number of rotatable bonds is 9. The number of hydrogen-bond donors (Lipinski definition) is 1. The van der Waals surface area contributed by atoms with Gasteiger partial charge in [0.05, 0.1) is 11.6 Å². The fourth-order valence-electron chi connectivity index (χ4n) is 3.80. The zero-order valence-corrected chi connectivity index (χ0v) is 18.3. The summed E-state index contributed by atoms with van der Waals surface area (Å²) in [6, 6.07) is 9.52. The summed E-state index contributed by atoms with van der Waals surface area (Å²) in [6.45, 7) is 9.02. The van der Waals surface area contributed by atoms with Gasteiger partial charge in [-0.15, -0.1) is 0 Å². The molecule has 1 aliphatic heterocycles. The maximum absolute atomic E-state index is 13.2. The van der Waals surface area contributed by atoms with Gasteiger partial charge in [-0.3, -0.25) is 9.59 Å². The molecule has 0 spiro atoms. The van der Waals surface area contributed by atoms with Crippen LogP contribution in [0.3, 0.4) is 0 Å². The predicted molar refractivity (Wildman–Crippen MR) is 116 cm³/mol. The number of benzene rings is 1. The van der Waals surface area contributed by atoms with Gasteiger partial charge in [0.2, 0.25) is 5.78 Å². The lowest BCUT2D eigenvalue weighted by Gasteiger charge is -2.28. The van der Waals surface area contributed by atoms with E-state index in [9.17, 15) is 14.7 Å². The van der Waals surface area contributed by atoms with Gasteiger partial charge in [0.1, 0.15) is 5.76 Å². The van der Waals surface area contributed by atoms with Crippen LogP contribution in [0, 0.1) is 6.92 Å². The number of furan rings is 1. The first kappa shape index (κ1) is 22.1. The zero-order valence-electron chi connectivity index (χ0n) is 17.5. The minimum atomic E-state index is -0.690. The number of aryl methyl sites for hydroxylation is 1. The molecule has 2 heterocycles. The van der Waals surface area contributed by atoms with Gasteiger partial charge in [-0.2, -0.15) is 0 Å². The van der Waals surface area contributed by atoms with E-state index in [-0.39, 0.29) is 11.3 Å². The first-order valence-corrected chi connectivity index (χ1v) is 10.6. The highest BCUT2D eigenvalue weighted by Gasteiger charge is 2.44. The van der Waals surface area contributed by atoms with Gasteiger partial charge in [-0.25, -0.2) is 0 Å². The summed E-state index contributed by atoms with van der Waals surface area (Å²) in [4.78, 5) is 29.9. The maximum atomic E-state index is 13.2. The van der Waals surface area contributed by atoms with Gasteiger partial charge >= 0.3 is 0 Å². The highest BCUT2D eigenvalue weighted by Crippen LogP contribution is 2.39. The van der Waals surface area contributed by atoms with Crippen molar-refractivity contribution in [1.29, 1.82) is 0 Å². The third-order valence-electron chi connectivity index (χ3n) is 5.47. The standard InChI is InChI=1S/C23H27ClN2O4/c1-4-25(5-2)13-6-14-26-20(16-8-10-17(24)11-9-16)19(22(28)23(26)29)21(27)18-12-7-15(3)30-18/h7-12,20,28H,4-6,13-14H2,1-3H3. The lowest BCUT2D eigenvalue weighted by molar-refractivity contribution is -0.129. The van der Waals surface area contributed by atoms with Gasteiger partial charge < -0.3 is 19.3 Å². The molecule has 0 radical (unpaired) electrons. The van der Waals surface area contributed by atoms with Crippen LogP contribution >= 0.6 is 11.6 Å². The minimum Gasteiger partial charge on any atom is -0.503 e. The monoisotopic (exact) mass is 430 g/mol. The Kier molecular flexibility index (Phi) is 7.00. The van der Waals surface area contributed by atoms with Crippen LogP contribution in [0.2, 0.25) is 5.02 Å². The first-order chi connectivity index (χ1) is 14.4. The number of ketones is 1. The van der Waals surface area contributed by atoms with Crippen LogP contribution in [0.1, 0.15) is 48.2 Å². The van der Waals surface area contributed by atoms with Crippen LogP contribution in [0.5, 0.6) is 0 Å². The van der Waals surface area contributed by atoms with Gasteiger partial charge in [-0.05, 0) is 62.8 Å². The molecular formula is C23H27ClN2O4. The Hall–Kier alpha value is -2.57. The predicted octanol–water partition coefficient (Wildman–Crippen LogP) is 4.55. The van der Waals surface area contributed by atoms with Crippen molar-refractivity contribution < 1.29 is 19.1 Å². The van der Waals surface area contributed by atoms with E-state index >= 15 is 0 Å². The fraction of sp³-hybridized carbons (Fsp3) is 0.391. The number of halogens is 1. The molecule has 1 atom stereocenters. The Morgan fingerprint density at radius 3 is 2.40 bits per heavy atom. The molecule has 0 bridgehead atoms. The largest absolute Gasteiger partial charge is 0.503 e. The van der Waals surface area contributed by atoms with Crippen LogP contribution < -0.4 is 0 Å². The smallest absolute Gasteiger partial charge is 0.290 e. The lowest BCUT2D eigenvalue weighted by atomic mass is 9.95. The van der Waals surface area contributed by atoms with Crippen molar-refractivity contribution in [3.05, 3.63) is 69.8 Å². The summed E-state index contributed by atoms with van der Waals surface area (Å²) in [6.07, 6.45) is 0.728. The van der Waals surface area contributed by atoms with Gasteiger partial charge in [0, 0.05) is 11.6 Å². The SMILES string of the molecule is CCN(CC)CCCN1C(=O)C(O)=C(C(=O)c2ccc(C)o2)C1c1ccc(Cl)cc1. The van der Waals surface area contributed by atoms with Crippen LogP contribution in [0.25, 0.3) is 0 Å². The molecule has 6 nitrogen and oxygen atoms in total. The van der Waals surface area contributed by atoms with Gasteiger partial charge in [0.25, 0.3) is 5.91 Å². The van der Waals surface area contributed by atoms with E-state index in [2.05, 4.69) is 18.7 Å². The lowest BCUT2D eigenvalue weighted by Crippen LogP contribution is -2.34. The highest BCUT2D eigenvalue weighted by molar-refractivity contribution is 6.30. The molecule has 3 rings (SSSR count). The fourth-order valence-corrected chi connectivity index (χ4v) is 3.93. The number of carbonyl (C=O) groups excluding carboxylic acids is 2. The first-order valence-electron chi connectivity index (χ1n) is 10.2. The molecule has 0 aliphatic carbocycles. The van der Waals surface area contributed by atoms with Crippen molar-refractivity contribution in [2.45, 2.75) is 33.2 Å². The molecule has 1 aromatic heterocycles. The Labute approximate surface area is 181 Å². The number of aliphatic hydroxyl groups excluding tert-OH is 1. The van der Waals surface area contributed by atoms with Crippen molar-refractivity contribution >= 4 is 23.3 Å². The number of amides is 1. The second-order valence-electron chi connectivity index (χ2n) is 7.33. The van der Waals surface area contributed by atoms with E-state index in [0.29, 0.717) is 22.9 Å². The summed E-state index contributed by atoms with van der Waals surface area (Å²) >= 11 is 6.03. The normalized spacial score (nSPS) is 16.8. The number of hydrogen-bond acceptors (Lipinski definition) is 5. The van der Waals surface area contributed by atoms with Crippen LogP contribution in [-0.2, 0) is 4.79 Å². The molecule has 30 heavy (non-hydrogen) atoms. The molecule has 1 N–H and O–H groups in total. The minimum absolute atomic E-state index is 0.0412. The summed E-state index contributed by atoms with van der Waals surface area (Å²) in [7, 11) is 0. The molecule has 0 saturated heterocycles. The number of aliphatic hydroxyl groups is 1. The van der Waals surface area contributed by atoms with Crippen LogP contribution in [0.4, 0.5) is 0 Å². The molecule has 0 saturated carbocycles. The van der Waals surface area contributed by atoms with Gasteiger partial charge in [0.15, 0.2) is 11.5 Å². The molecule has 7 heteroatoms. The summed E-state index contributed by atoms with van der Waals surface area (Å²) < 4.78 is 5.47. The second-order valence-corrected chi connectivity index (χ2v) is 7.77. The third-order valence-corrected chi connectivity index (χ3v) is 5.72. The van der Waals surface area contributed by atoms with Crippen molar-refractivity contribution in [3.8, 4) is 0 Å². The molecule has 1 aliphatic rings. The number of nitrogens with zero attached hydrogens (tertiary/aromatic N) is 2. The van der Waals surface area contributed by atoms with Crippen molar-refractivity contribution in [1.82, 2.24) is 9.80 Å². The summed E-state index contributed by atoms with van der Waals surface area (Å²) in [5, 5.41) is 11.2. The van der Waals surface area contributed by atoms with E-state index in [1.807, 2.05) is 0 Å². The Morgan fingerprint density at radius 1 is 1.17 bits per heavy atom. The molecular weight excluding hydrogens is 404 g/mol. The molecule has 1 amide bonds. The Bertz CT molecular complexity index is 944. The van der Waals surface area contributed by atoms with Gasteiger partial charge in [-0.1, -0.05) is 37.6 Å². The maximum Gasteiger partial charge on any atom is 0.290 e. The van der Waals surface area contributed by atoms with Crippen molar-refractivity contribution in [3.63, 3.8) is 0 Å². The van der Waals surface area contributed by atoms with Crippen molar-refractivity contribution in [2.24, 2.45) is 0 Å². The van der Waals surface area contributed by atoms with E-state index in [1.54, 1.807) is 48.2 Å². The molecule has 1 unspecified atom stereocenters. The summed E-state index contributed by atoms with van der Waals surface area (Å²) in [5.41, 5.74) is 0.755.